The van der Waals surface area contributed by atoms with Crippen molar-refractivity contribution in [3.63, 3.8) is 0 Å². The first-order valence-electron chi connectivity index (χ1n) is 12.5. The van der Waals surface area contributed by atoms with Crippen LogP contribution in [0.3, 0.4) is 0 Å². The maximum Gasteiger partial charge on any atom is 0.270 e. The van der Waals surface area contributed by atoms with Crippen molar-refractivity contribution in [3.8, 4) is 0 Å². The number of ether oxygens (including phenoxy) is 2. The molecule has 3 aliphatic carbocycles. The first-order valence-corrected chi connectivity index (χ1v) is 12.5. The van der Waals surface area contributed by atoms with Gasteiger partial charge in [0.15, 0.2) is 11.6 Å². The number of non-ortho nitro benzene ring substituents is 1. The molecule has 0 amide bonds. The third-order valence-corrected chi connectivity index (χ3v) is 10.3. The van der Waals surface area contributed by atoms with E-state index in [1.807, 2.05) is 6.92 Å². The molecule has 2 saturated carbocycles. The van der Waals surface area contributed by atoms with Crippen LogP contribution in [0.5, 0.6) is 0 Å². The second kappa shape index (κ2) is 6.83. The minimum Gasteiger partial charge on any atom is -0.390 e. The first kappa shape index (κ1) is 23.8. The summed E-state index contributed by atoms with van der Waals surface area (Å²) in [5.74, 6) is -1.61. The molecular weight excluding hydrogens is 464 g/mol. The molecule has 6 atom stereocenters. The predicted octanol–water partition coefficient (Wildman–Crippen LogP) is 3.45. The number of nitro groups is 1. The SMILES string of the molecule is CO[C@]12CC[C@]3(C)[C@@]4(C)c5[nH]c6ccc([N+](=O)[O-])cc6c5C[C@@H]4C[C@H](O)[C@@]3(O)C1=CC(=O)C(C)(C)O2. The number of rotatable bonds is 2. The van der Waals surface area contributed by atoms with Crippen LogP contribution in [0, 0.1) is 21.4 Å². The van der Waals surface area contributed by atoms with Crippen molar-refractivity contribution in [2.75, 3.05) is 7.11 Å². The molecule has 0 bridgehead atoms. The summed E-state index contributed by atoms with van der Waals surface area (Å²) in [6.07, 6.45) is 2.09. The fourth-order valence-corrected chi connectivity index (χ4v) is 8.02. The van der Waals surface area contributed by atoms with E-state index < -0.39 is 38.8 Å². The van der Waals surface area contributed by atoms with Crippen LogP contribution in [-0.4, -0.2) is 56.1 Å². The van der Waals surface area contributed by atoms with E-state index in [1.165, 1.54) is 19.3 Å². The number of hydrogen-bond donors (Lipinski definition) is 3. The highest BCUT2D eigenvalue weighted by molar-refractivity contribution is 5.98. The highest BCUT2D eigenvalue weighted by atomic mass is 16.7. The number of carbonyl (C=O) groups excluding carboxylic acids is 1. The molecule has 1 aromatic carbocycles. The van der Waals surface area contributed by atoms with Gasteiger partial charge >= 0.3 is 0 Å². The number of benzene rings is 1. The topological polar surface area (TPSA) is 135 Å². The van der Waals surface area contributed by atoms with E-state index in [9.17, 15) is 25.1 Å². The monoisotopic (exact) mass is 496 g/mol. The van der Waals surface area contributed by atoms with E-state index in [0.717, 1.165) is 22.2 Å². The molecule has 2 fully saturated rings. The Morgan fingerprint density at radius 3 is 2.61 bits per heavy atom. The van der Waals surface area contributed by atoms with Gasteiger partial charge in [0, 0.05) is 58.7 Å². The van der Waals surface area contributed by atoms with Crippen molar-refractivity contribution < 1.29 is 29.4 Å². The molecule has 0 saturated heterocycles. The lowest BCUT2D eigenvalue weighted by Crippen LogP contribution is -2.75. The second-order valence-corrected chi connectivity index (χ2v) is 11.9. The van der Waals surface area contributed by atoms with E-state index in [0.29, 0.717) is 25.7 Å². The van der Waals surface area contributed by atoms with Gasteiger partial charge in [-0.25, -0.2) is 0 Å². The number of H-pyrrole nitrogens is 1. The lowest BCUT2D eigenvalue weighted by Gasteiger charge is -2.67. The van der Waals surface area contributed by atoms with Gasteiger partial charge in [-0.1, -0.05) is 13.8 Å². The van der Waals surface area contributed by atoms with E-state index in [-0.39, 0.29) is 23.0 Å². The minimum absolute atomic E-state index is 0.00464. The molecule has 0 radical (unpaired) electrons. The zero-order valence-electron chi connectivity index (χ0n) is 21.2. The average molecular weight is 497 g/mol. The lowest BCUT2D eigenvalue weighted by atomic mass is 9.41. The van der Waals surface area contributed by atoms with Gasteiger partial charge < -0.3 is 24.7 Å². The number of ketones is 1. The van der Waals surface area contributed by atoms with Crippen molar-refractivity contribution >= 4 is 22.4 Å². The summed E-state index contributed by atoms with van der Waals surface area (Å²) in [5, 5.41) is 36.4. The Hall–Kier alpha value is -2.59. The second-order valence-electron chi connectivity index (χ2n) is 11.9. The zero-order chi connectivity index (χ0) is 26.1. The highest BCUT2D eigenvalue weighted by Crippen LogP contribution is 2.70. The molecular formula is C27H32N2O7. The normalized spacial score (nSPS) is 40.8. The van der Waals surface area contributed by atoms with E-state index in [2.05, 4.69) is 11.9 Å². The number of aliphatic hydroxyl groups excluding tert-OH is 1. The summed E-state index contributed by atoms with van der Waals surface area (Å²) in [5.41, 5.74) is -1.37. The summed E-state index contributed by atoms with van der Waals surface area (Å²) in [7, 11) is 1.50. The van der Waals surface area contributed by atoms with Crippen molar-refractivity contribution in [2.24, 2.45) is 11.3 Å². The molecule has 9 nitrogen and oxygen atoms in total. The van der Waals surface area contributed by atoms with Crippen LogP contribution in [0.25, 0.3) is 10.9 Å². The van der Waals surface area contributed by atoms with Gasteiger partial charge in [0.1, 0.15) is 11.2 Å². The van der Waals surface area contributed by atoms with Gasteiger partial charge in [0.05, 0.1) is 11.0 Å². The van der Waals surface area contributed by atoms with Crippen LogP contribution in [-0.2, 0) is 26.1 Å². The Balaban J connectivity index is 1.58. The largest absolute Gasteiger partial charge is 0.390 e. The molecule has 4 aliphatic rings. The Labute approximate surface area is 208 Å². The maximum atomic E-state index is 13.1. The van der Waals surface area contributed by atoms with Gasteiger partial charge in [-0.3, -0.25) is 14.9 Å². The zero-order valence-corrected chi connectivity index (χ0v) is 21.2. The van der Waals surface area contributed by atoms with Crippen molar-refractivity contribution in [1.82, 2.24) is 4.98 Å². The molecule has 1 aromatic heterocycles. The van der Waals surface area contributed by atoms with E-state index >= 15 is 0 Å². The van der Waals surface area contributed by atoms with Gasteiger partial charge in [-0.05, 0) is 56.7 Å². The summed E-state index contributed by atoms with van der Waals surface area (Å²) in [4.78, 5) is 27.6. The lowest BCUT2D eigenvalue weighted by molar-refractivity contribution is -0.384. The van der Waals surface area contributed by atoms with E-state index in [1.54, 1.807) is 26.0 Å². The smallest absolute Gasteiger partial charge is 0.270 e. The van der Waals surface area contributed by atoms with Crippen LogP contribution >= 0.6 is 0 Å². The quantitative estimate of drug-likeness (QED) is 0.428. The Morgan fingerprint density at radius 2 is 1.94 bits per heavy atom. The van der Waals surface area contributed by atoms with Crippen molar-refractivity contribution in [1.29, 1.82) is 0 Å². The highest BCUT2D eigenvalue weighted by Gasteiger charge is 2.75. The Morgan fingerprint density at radius 1 is 1.22 bits per heavy atom. The van der Waals surface area contributed by atoms with Gasteiger partial charge in [-0.2, -0.15) is 0 Å². The summed E-state index contributed by atoms with van der Waals surface area (Å²) < 4.78 is 12.1. The number of fused-ring (bicyclic) bond motifs is 9. The molecule has 2 heterocycles. The number of methoxy groups -OCH3 is 1. The fourth-order valence-electron chi connectivity index (χ4n) is 8.02. The number of carbonyl (C=O) groups is 1. The van der Waals surface area contributed by atoms with Gasteiger partial charge in [0.25, 0.3) is 5.69 Å². The summed E-state index contributed by atoms with van der Waals surface area (Å²) in [6.45, 7) is 7.46. The van der Waals surface area contributed by atoms with Gasteiger partial charge in [0.2, 0.25) is 0 Å². The van der Waals surface area contributed by atoms with Crippen LogP contribution in [0.4, 0.5) is 5.69 Å². The number of hydrogen-bond acceptors (Lipinski definition) is 7. The number of aromatic amines is 1. The molecule has 192 valence electrons. The van der Waals surface area contributed by atoms with Crippen LogP contribution < -0.4 is 0 Å². The number of nitro benzene ring substituents is 1. The molecule has 3 N–H and O–H groups in total. The molecule has 36 heavy (non-hydrogen) atoms. The molecule has 9 heteroatoms. The van der Waals surface area contributed by atoms with Gasteiger partial charge in [-0.15, -0.1) is 0 Å². The fraction of sp³-hybridized carbons (Fsp3) is 0.593. The molecule has 0 unspecified atom stereocenters. The van der Waals surface area contributed by atoms with Crippen molar-refractivity contribution in [3.05, 3.63) is 51.2 Å². The molecule has 2 aromatic rings. The van der Waals surface area contributed by atoms with Crippen LogP contribution in [0.1, 0.15) is 58.2 Å². The predicted molar refractivity (Wildman–Crippen MR) is 130 cm³/mol. The average Bonchev–Trinajstić information content (AvgIpc) is 3.32. The first-order chi connectivity index (χ1) is 16.7. The Bertz CT molecular complexity index is 1380. The third kappa shape index (κ3) is 2.47. The standard InChI is InChI=1S/C27H32N2O7/c1-23(2)20(30)13-19-26(35-5,36-23)9-8-24(3)25(4)14(11-21(31)27(19,24)32)10-17-16-12-15(29(33)34)6-7-18(16)28-22(17)25/h6-7,12-14,21,28,31-32H,8-11H2,1-5H3/t14-,21+,24-,25-,26+,27+/m1/s1. The number of nitrogens with one attached hydrogen (secondary N) is 1. The molecule has 6 rings (SSSR count). The maximum absolute atomic E-state index is 13.1. The number of aliphatic hydroxyl groups is 2. The van der Waals surface area contributed by atoms with Crippen LogP contribution in [0.2, 0.25) is 0 Å². The van der Waals surface area contributed by atoms with E-state index in [4.69, 9.17) is 9.47 Å². The third-order valence-electron chi connectivity index (χ3n) is 10.3. The molecule has 1 aliphatic heterocycles. The summed E-state index contributed by atoms with van der Waals surface area (Å²) >= 11 is 0. The van der Waals surface area contributed by atoms with Crippen molar-refractivity contribution in [2.45, 2.75) is 81.9 Å². The molecule has 0 spiro atoms. The number of aromatic nitrogens is 1. The Kier molecular flexibility index (Phi) is 4.51. The van der Waals surface area contributed by atoms with Crippen LogP contribution in [0.15, 0.2) is 29.8 Å². The minimum atomic E-state index is -1.79. The number of nitrogens with zero attached hydrogens (tertiary/aromatic N) is 1. The summed E-state index contributed by atoms with van der Waals surface area (Å²) in [6, 6.07) is 4.82.